The summed E-state index contributed by atoms with van der Waals surface area (Å²) in [6.07, 6.45) is -0.267. The Hall–Kier alpha value is -3.54. The molecule has 0 aliphatic heterocycles. The fourth-order valence-electron chi connectivity index (χ4n) is 3.44. The molecule has 0 fully saturated rings. The molecule has 4 N–H and O–H groups in total. The number of halogens is 1. The molecule has 12 heteroatoms. The number of carbonyl (C=O) groups excluding carboxylic acids is 2. The zero-order valence-electron chi connectivity index (χ0n) is 19.5. The van der Waals surface area contributed by atoms with Crippen molar-refractivity contribution in [2.45, 2.75) is 12.5 Å². The van der Waals surface area contributed by atoms with Gasteiger partial charge in [0, 0.05) is 16.5 Å². The monoisotopic (exact) mass is 520 g/mol. The van der Waals surface area contributed by atoms with Crippen LogP contribution in [-0.2, 0) is 9.59 Å². The molecule has 2 amide bonds. The zero-order chi connectivity index (χ0) is 25.5. The van der Waals surface area contributed by atoms with Crippen LogP contribution in [0.1, 0.15) is 6.42 Å². The number of rotatable bonds is 11. The molecule has 1 aromatic heterocycles. The van der Waals surface area contributed by atoms with Crippen LogP contribution in [0.5, 0.6) is 23.0 Å². The number of anilines is 1. The maximum Gasteiger partial charge on any atom is 0.243 e. The number of hydrogen-bond donors (Lipinski definition) is 3. The highest BCUT2D eigenvalue weighted by Crippen LogP contribution is 2.44. The first-order chi connectivity index (χ1) is 16.9. The molecule has 0 unspecified atom stereocenters. The highest BCUT2D eigenvalue weighted by Gasteiger charge is 2.22. The molecule has 10 nitrogen and oxygen atoms in total. The van der Waals surface area contributed by atoms with Gasteiger partial charge in [0.25, 0.3) is 0 Å². The molecule has 0 saturated heterocycles. The summed E-state index contributed by atoms with van der Waals surface area (Å²) in [5.41, 5.74) is 8.61. The van der Waals surface area contributed by atoms with Crippen LogP contribution in [0.3, 0.4) is 0 Å². The lowest BCUT2D eigenvalue weighted by molar-refractivity contribution is -0.123. The molecular formula is C23H25ClN4O6S. The van der Waals surface area contributed by atoms with Crippen LogP contribution in [-0.4, -0.2) is 50.7 Å². The van der Waals surface area contributed by atoms with Crippen molar-refractivity contribution in [3.63, 3.8) is 0 Å². The van der Waals surface area contributed by atoms with Crippen molar-refractivity contribution in [3.8, 4) is 45.4 Å². The molecule has 0 radical (unpaired) electrons. The minimum absolute atomic E-state index is 0.267. The van der Waals surface area contributed by atoms with E-state index in [1.807, 2.05) is 23.6 Å². The van der Waals surface area contributed by atoms with E-state index in [4.69, 9.17) is 36.5 Å². The average Bonchev–Trinajstić information content (AvgIpc) is 3.36. The summed E-state index contributed by atoms with van der Waals surface area (Å²) in [6.45, 7) is 0. The smallest absolute Gasteiger partial charge is 0.243 e. The predicted molar refractivity (Wildman–Crippen MR) is 134 cm³/mol. The normalized spacial score (nSPS) is 11.5. The Labute approximate surface area is 211 Å². The van der Waals surface area contributed by atoms with Crippen LogP contribution < -0.4 is 34.8 Å². The topological polar surface area (TPSA) is 134 Å². The van der Waals surface area contributed by atoms with Gasteiger partial charge in [-0.2, -0.15) is 4.37 Å². The van der Waals surface area contributed by atoms with Crippen molar-refractivity contribution in [3.05, 3.63) is 35.7 Å². The molecule has 1 atom stereocenters. The Bertz CT molecular complexity index is 1190. The first-order valence-electron chi connectivity index (χ1n) is 10.2. The van der Waals surface area contributed by atoms with Gasteiger partial charge in [-0.25, -0.2) is 4.84 Å². The van der Waals surface area contributed by atoms with Crippen LogP contribution in [0.2, 0.25) is 0 Å². The number of amides is 2. The SMILES string of the molecule is COc1ccc(-c2csnc2-c2cc(OC)c(OC)c(OC)c2)cc1NC(=O)[C@@H](CC(N)=O)NCl. The summed E-state index contributed by atoms with van der Waals surface area (Å²) in [4.78, 5) is 26.2. The van der Waals surface area contributed by atoms with E-state index in [-0.39, 0.29) is 6.42 Å². The highest BCUT2D eigenvalue weighted by atomic mass is 35.5. The third-order valence-corrected chi connectivity index (χ3v) is 6.02. The number of benzene rings is 2. The van der Waals surface area contributed by atoms with E-state index >= 15 is 0 Å². The molecular weight excluding hydrogens is 496 g/mol. The summed E-state index contributed by atoms with van der Waals surface area (Å²) in [5, 5.41) is 4.63. The van der Waals surface area contributed by atoms with Crippen LogP contribution in [0.25, 0.3) is 22.4 Å². The number of ether oxygens (including phenoxy) is 4. The molecule has 35 heavy (non-hydrogen) atoms. The second kappa shape index (κ2) is 11.7. The standard InChI is InChI=1S/C23H25ClN4O6S/c1-31-17-6-5-12(7-15(17)26-23(30)16(27-24)10-20(25)29)14-11-35-28-21(14)13-8-18(32-2)22(34-4)19(9-13)33-3/h5-9,11,16,27H,10H2,1-4H3,(H2,25,29)(H,26,30)/t16-/m1/s1. The van der Waals surface area contributed by atoms with Crippen LogP contribution >= 0.6 is 23.3 Å². The molecule has 0 bridgehead atoms. The van der Waals surface area contributed by atoms with E-state index in [0.29, 0.717) is 34.4 Å². The highest BCUT2D eigenvalue weighted by molar-refractivity contribution is 7.04. The molecule has 0 saturated carbocycles. The van der Waals surface area contributed by atoms with Crippen molar-refractivity contribution >= 4 is 40.8 Å². The largest absolute Gasteiger partial charge is 0.495 e. The van der Waals surface area contributed by atoms with Crippen LogP contribution in [0.15, 0.2) is 35.7 Å². The molecule has 186 valence electrons. The molecule has 3 aromatic rings. The van der Waals surface area contributed by atoms with Gasteiger partial charge in [0.2, 0.25) is 17.6 Å². The second-order valence-corrected chi connectivity index (χ2v) is 8.07. The molecule has 2 aromatic carbocycles. The van der Waals surface area contributed by atoms with Gasteiger partial charge >= 0.3 is 0 Å². The Morgan fingerprint density at radius 3 is 2.20 bits per heavy atom. The van der Waals surface area contributed by atoms with E-state index < -0.39 is 17.9 Å². The molecule has 1 heterocycles. The summed E-state index contributed by atoms with van der Waals surface area (Å²) in [6, 6.07) is 7.93. The molecule has 0 aliphatic carbocycles. The van der Waals surface area contributed by atoms with E-state index in [9.17, 15) is 9.59 Å². The summed E-state index contributed by atoms with van der Waals surface area (Å²) >= 11 is 6.91. The quantitative estimate of drug-likeness (QED) is 0.327. The summed E-state index contributed by atoms with van der Waals surface area (Å²) < 4.78 is 26.3. The number of nitrogens with one attached hydrogen (secondary N) is 2. The van der Waals surface area contributed by atoms with Crippen LogP contribution in [0.4, 0.5) is 5.69 Å². The molecule has 3 rings (SSSR count). The predicted octanol–water partition coefficient (Wildman–Crippen LogP) is 3.44. The van der Waals surface area contributed by atoms with E-state index in [0.717, 1.165) is 16.7 Å². The van der Waals surface area contributed by atoms with Crippen molar-refractivity contribution < 1.29 is 28.5 Å². The van der Waals surface area contributed by atoms with Crippen molar-refractivity contribution in [2.75, 3.05) is 33.8 Å². The van der Waals surface area contributed by atoms with Gasteiger partial charge in [-0.05, 0) is 53.1 Å². The third-order valence-electron chi connectivity index (χ3n) is 5.13. The number of nitrogens with two attached hydrogens (primary N) is 1. The number of hydrogen-bond acceptors (Lipinski definition) is 9. The first-order valence-corrected chi connectivity index (χ1v) is 11.5. The van der Waals surface area contributed by atoms with Crippen molar-refractivity contribution in [1.29, 1.82) is 0 Å². The average molecular weight is 521 g/mol. The van der Waals surface area contributed by atoms with Gasteiger partial charge in [-0.3, -0.25) is 9.59 Å². The van der Waals surface area contributed by atoms with Gasteiger partial charge in [-0.15, -0.1) is 0 Å². The van der Waals surface area contributed by atoms with Gasteiger partial charge in [0.15, 0.2) is 11.5 Å². The van der Waals surface area contributed by atoms with Crippen molar-refractivity contribution in [1.82, 2.24) is 9.21 Å². The third kappa shape index (κ3) is 5.76. The van der Waals surface area contributed by atoms with Gasteiger partial charge in [0.05, 0.1) is 46.2 Å². The molecule has 0 spiro atoms. The van der Waals surface area contributed by atoms with Gasteiger partial charge < -0.3 is 30.0 Å². The van der Waals surface area contributed by atoms with Crippen LogP contribution in [0, 0.1) is 0 Å². The Morgan fingerprint density at radius 1 is 1.00 bits per heavy atom. The minimum atomic E-state index is -1.01. The second-order valence-electron chi connectivity index (χ2n) is 7.23. The van der Waals surface area contributed by atoms with E-state index in [1.54, 1.807) is 26.4 Å². The zero-order valence-corrected chi connectivity index (χ0v) is 21.1. The lowest BCUT2D eigenvalue weighted by Gasteiger charge is -2.16. The lowest BCUT2D eigenvalue weighted by atomic mass is 10.0. The summed E-state index contributed by atoms with van der Waals surface area (Å²) in [7, 11) is 6.11. The number of nitrogens with zero attached hydrogens (tertiary/aromatic N) is 1. The Balaban J connectivity index is 2.03. The Morgan fingerprint density at radius 2 is 1.66 bits per heavy atom. The first kappa shape index (κ1) is 26.1. The van der Waals surface area contributed by atoms with E-state index in [1.165, 1.54) is 25.8 Å². The number of aromatic nitrogens is 1. The van der Waals surface area contributed by atoms with Gasteiger partial charge in [0.1, 0.15) is 11.8 Å². The van der Waals surface area contributed by atoms with Gasteiger partial charge in [-0.1, -0.05) is 6.07 Å². The number of methoxy groups -OCH3 is 4. The minimum Gasteiger partial charge on any atom is -0.495 e. The Kier molecular flexibility index (Phi) is 8.74. The number of primary amides is 1. The maximum absolute atomic E-state index is 12.7. The number of carbonyl (C=O) groups is 2. The molecule has 0 aliphatic rings. The summed E-state index contributed by atoms with van der Waals surface area (Å²) in [5.74, 6) is 0.686. The maximum atomic E-state index is 12.7. The lowest BCUT2D eigenvalue weighted by Crippen LogP contribution is -2.39. The fourth-order valence-corrected chi connectivity index (χ4v) is 4.33. The fraction of sp³-hybridized carbons (Fsp3) is 0.261. The van der Waals surface area contributed by atoms with E-state index in [2.05, 4.69) is 14.5 Å². The van der Waals surface area contributed by atoms with Crippen molar-refractivity contribution in [2.24, 2.45) is 5.73 Å².